The van der Waals surface area contributed by atoms with E-state index in [4.69, 9.17) is 0 Å². The standard InChI is InChI=1S/C20H22N4OS2/c1-23(13-17-8-5-11-26-17)18(25)14-27-20-22-21-19(16-9-10-16)24(20)12-15-6-3-2-4-7-15/h2-8,11,16H,9-10,12-14H2,1H3. The van der Waals surface area contributed by atoms with E-state index < -0.39 is 0 Å². The SMILES string of the molecule is CN(Cc1cccs1)C(=O)CSc1nnc(C2CC2)n1Cc1ccccc1. The molecule has 2 aromatic heterocycles. The minimum Gasteiger partial charge on any atom is -0.340 e. The Kier molecular flexibility index (Phi) is 5.59. The van der Waals surface area contributed by atoms with Crippen molar-refractivity contribution in [3.05, 3.63) is 64.1 Å². The summed E-state index contributed by atoms with van der Waals surface area (Å²) >= 11 is 3.16. The van der Waals surface area contributed by atoms with Crippen LogP contribution >= 0.6 is 23.1 Å². The van der Waals surface area contributed by atoms with Crippen LogP contribution in [-0.2, 0) is 17.9 Å². The van der Waals surface area contributed by atoms with Gasteiger partial charge in [0.25, 0.3) is 0 Å². The van der Waals surface area contributed by atoms with Gasteiger partial charge in [0.05, 0.1) is 18.8 Å². The van der Waals surface area contributed by atoms with Crippen molar-refractivity contribution in [1.29, 1.82) is 0 Å². The molecule has 0 spiro atoms. The number of carbonyl (C=O) groups is 1. The van der Waals surface area contributed by atoms with Crippen molar-refractivity contribution in [2.45, 2.75) is 37.0 Å². The third kappa shape index (κ3) is 4.59. The van der Waals surface area contributed by atoms with Crippen LogP contribution in [0.25, 0.3) is 0 Å². The Bertz CT molecular complexity index is 888. The van der Waals surface area contributed by atoms with Crippen LogP contribution in [-0.4, -0.2) is 38.4 Å². The molecule has 1 aliphatic rings. The Morgan fingerprint density at radius 2 is 2.04 bits per heavy atom. The van der Waals surface area contributed by atoms with Gasteiger partial charge in [-0.3, -0.25) is 4.79 Å². The van der Waals surface area contributed by atoms with E-state index in [9.17, 15) is 4.79 Å². The number of thioether (sulfide) groups is 1. The number of carbonyl (C=O) groups excluding carboxylic acids is 1. The fourth-order valence-electron chi connectivity index (χ4n) is 2.93. The van der Waals surface area contributed by atoms with Gasteiger partial charge >= 0.3 is 0 Å². The largest absolute Gasteiger partial charge is 0.340 e. The first-order valence-corrected chi connectivity index (χ1v) is 10.9. The topological polar surface area (TPSA) is 51.0 Å². The summed E-state index contributed by atoms with van der Waals surface area (Å²) in [4.78, 5) is 15.5. The molecule has 0 unspecified atom stereocenters. The Morgan fingerprint density at radius 3 is 2.74 bits per heavy atom. The summed E-state index contributed by atoms with van der Waals surface area (Å²) in [7, 11) is 1.85. The number of nitrogens with zero attached hydrogens (tertiary/aromatic N) is 4. The molecule has 0 bridgehead atoms. The van der Waals surface area contributed by atoms with Crippen molar-refractivity contribution in [1.82, 2.24) is 19.7 Å². The maximum atomic E-state index is 12.5. The maximum absolute atomic E-state index is 12.5. The summed E-state index contributed by atoms with van der Waals surface area (Å²) in [5.74, 6) is 2.06. The molecule has 0 N–H and O–H groups in total. The van der Waals surface area contributed by atoms with Crippen molar-refractivity contribution in [3.63, 3.8) is 0 Å². The number of aromatic nitrogens is 3. The van der Waals surface area contributed by atoms with Crippen LogP contribution < -0.4 is 0 Å². The third-order valence-corrected chi connectivity index (χ3v) is 6.41. The molecule has 0 radical (unpaired) electrons. The number of thiophene rings is 1. The van der Waals surface area contributed by atoms with Gasteiger partial charge in [0.2, 0.25) is 5.91 Å². The maximum Gasteiger partial charge on any atom is 0.233 e. The molecule has 5 nitrogen and oxygen atoms in total. The third-order valence-electron chi connectivity index (χ3n) is 4.60. The molecule has 0 atom stereocenters. The monoisotopic (exact) mass is 398 g/mol. The molecule has 140 valence electrons. The van der Waals surface area contributed by atoms with Crippen LogP contribution in [0, 0.1) is 0 Å². The number of benzene rings is 1. The van der Waals surface area contributed by atoms with Crippen LogP contribution in [0.15, 0.2) is 53.0 Å². The first-order valence-electron chi connectivity index (χ1n) is 9.07. The van der Waals surface area contributed by atoms with E-state index in [1.807, 2.05) is 36.7 Å². The average molecular weight is 399 g/mol. The van der Waals surface area contributed by atoms with E-state index in [1.54, 1.807) is 16.2 Å². The van der Waals surface area contributed by atoms with E-state index in [0.717, 1.165) is 17.5 Å². The highest BCUT2D eigenvalue weighted by atomic mass is 32.2. The zero-order chi connectivity index (χ0) is 18.6. The van der Waals surface area contributed by atoms with Crippen molar-refractivity contribution in [3.8, 4) is 0 Å². The second-order valence-electron chi connectivity index (χ2n) is 6.80. The van der Waals surface area contributed by atoms with Crippen molar-refractivity contribution >= 4 is 29.0 Å². The minimum atomic E-state index is 0.107. The second kappa shape index (κ2) is 8.27. The van der Waals surface area contributed by atoms with Gasteiger partial charge in [0.15, 0.2) is 5.16 Å². The fourth-order valence-corrected chi connectivity index (χ4v) is 4.57. The van der Waals surface area contributed by atoms with Gasteiger partial charge in [-0.15, -0.1) is 21.5 Å². The first kappa shape index (κ1) is 18.3. The van der Waals surface area contributed by atoms with Crippen molar-refractivity contribution < 1.29 is 4.79 Å². The summed E-state index contributed by atoms with van der Waals surface area (Å²) in [5, 5.41) is 11.7. The van der Waals surface area contributed by atoms with Gasteiger partial charge in [0, 0.05) is 17.8 Å². The molecular formula is C20H22N4OS2. The lowest BCUT2D eigenvalue weighted by atomic mass is 10.2. The molecule has 1 fully saturated rings. The van der Waals surface area contributed by atoms with Gasteiger partial charge < -0.3 is 9.47 Å². The number of hydrogen-bond acceptors (Lipinski definition) is 5. The number of rotatable bonds is 8. The zero-order valence-electron chi connectivity index (χ0n) is 15.2. The lowest BCUT2D eigenvalue weighted by Crippen LogP contribution is -2.27. The van der Waals surface area contributed by atoms with E-state index >= 15 is 0 Å². The summed E-state index contributed by atoms with van der Waals surface area (Å²) in [6.07, 6.45) is 2.36. The summed E-state index contributed by atoms with van der Waals surface area (Å²) in [5.41, 5.74) is 1.22. The smallest absolute Gasteiger partial charge is 0.233 e. The van der Waals surface area contributed by atoms with E-state index in [-0.39, 0.29) is 5.91 Å². The molecule has 1 aliphatic carbocycles. The quantitative estimate of drug-likeness (QED) is 0.538. The van der Waals surface area contributed by atoms with Crippen LogP contribution in [0.4, 0.5) is 0 Å². The van der Waals surface area contributed by atoms with Crippen LogP contribution in [0.1, 0.15) is 35.0 Å². The number of hydrogen-bond donors (Lipinski definition) is 0. The highest BCUT2D eigenvalue weighted by molar-refractivity contribution is 7.99. The van der Waals surface area contributed by atoms with Crippen LogP contribution in [0.2, 0.25) is 0 Å². The molecule has 0 aliphatic heterocycles. The summed E-state index contributed by atoms with van der Waals surface area (Å²) in [6, 6.07) is 14.4. The van der Waals surface area contributed by atoms with Gasteiger partial charge in [-0.2, -0.15) is 0 Å². The Labute approximate surface area is 167 Å². The number of amides is 1. The van der Waals surface area contributed by atoms with E-state index in [1.165, 1.54) is 35.0 Å². The summed E-state index contributed by atoms with van der Waals surface area (Å²) in [6.45, 7) is 1.41. The van der Waals surface area contributed by atoms with E-state index in [0.29, 0.717) is 18.2 Å². The molecule has 2 heterocycles. The molecule has 3 aromatic rings. The molecule has 27 heavy (non-hydrogen) atoms. The molecular weight excluding hydrogens is 376 g/mol. The summed E-state index contributed by atoms with van der Waals surface area (Å²) < 4.78 is 2.18. The Balaban J connectivity index is 1.43. The van der Waals surface area contributed by atoms with E-state index in [2.05, 4.69) is 33.0 Å². The zero-order valence-corrected chi connectivity index (χ0v) is 16.9. The molecule has 4 rings (SSSR count). The van der Waals surface area contributed by atoms with Gasteiger partial charge in [-0.25, -0.2) is 0 Å². The lowest BCUT2D eigenvalue weighted by Gasteiger charge is -2.16. The molecule has 1 saturated carbocycles. The lowest BCUT2D eigenvalue weighted by molar-refractivity contribution is -0.127. The van der Waals surface area contributed by atoms with Gasteiger partial charge in [-0.1, -0.05) is 48.2 Å². The Hall–Kier alpha value is -2.12. The Morgan fingerprint density at radius 1 is 1.22 bits per heavy atom. The fraction of sp³-hybridized carbons (Fsp3) is 0.350. The van der Waals surface area contributed by atoms with Crippen LogP contribution in [0.3, 0.4) is 0 Å². The van der Waals surface area contributed by atoms with Gasteiger partial charge in [0.1, 0.15) is 5.82 Å². The highest BCUT2D eigenvalue weighted by Crippen LogP contribution is 2.40. The molecule has 7 heteroatoms. The van der Waals surface area contributed by atoms with Crippen molar-refractivity contribution in [2.24, 2.45) is 0 Å². The minimum absolute atomic E-state index is 0.107. The predicted molar refractivity (Wildman–Crippen MR) is 109 cm³/mol. The molecule has 0 saturated heterocycles. The molecule has 1 amide bonds. The second-order valence-corrected chi connectivity index (χ2v) is 8.78. The normalized spacial score (nSPS) is 13.7. The first-order chi connectivity index (χ1) is 13.2. The molecule has 1 aromatic carbocycles. The van der Waals surface area contributed by atoms with Gasteiger partial charge in [-0.05, 0) is 29.9 Å². The van der Waals surface area contributed by atoms with Crippen molar-refractivity contribution in [2.75, 3.05) is 12.8 Å². The average Bonchev–Trinajstić information content (AvgIpc) is 3.25. The highest BCUT2D eigenvalue weighted by Gasteiger charge is 2.30. The van der Waals surface area contributed by atoms with Crippen LogP contribution in [0.5, 0.6) is 0 Å². The predicted octanol–water partition coefficient (Wildman–Crippen LogP) is 4.02.